The lowest BCUT2D eigenvalue weighted by molar-refractivity contribution is 0.0147. The molecule has 86 valence electrons. The molecule has 2 rings (SSSR count). The fraction of sp³-hybridized carbons (Fsp3) is 0.417. The lowest BCUT2D eigenvalue weighted by Crippen LogP contribution is -2.49. The van der Waals surface area contributed by atoms with Crippen LogP contribution >= 0.6 is 0 Å². The highest BCUT2D eigenvalue weighted by Crippen LogP contribution is 2.34. The van der Waals surface area contributed by atoms with E-state index in [2.05, 4.69) is 0 Å². The van der Waals surface area contributed by atoms with Gasteiger partial charge in [-0.3, -0.25) is 0 Å². The molecule has 1 saturated heterocycles. The predicted molar refractivity (Wildman–Crippen MR) is 59.2 cm³/mol. The van der Waals surface area contributed by atoms with Crippen molar-refractivity contribution in [2.24, 2.45) is 0 Å². The fourth-order valence-corrected chi connectivity index (χ4v) is 1.96. The zero-order valence-corrected chi connectivity index (χ0v) is 9.43. The van der Waals surface area contributed by atoms with Crippen LogP contribution in [0, 0.1) is 0 Å². The number of carbonyl (C=O) groups is 1. The summed E-state index contributed by atoms with van der Waals surface area (Å²) in [6.45, 7) is 2.43. The highest BCUT2D eigenvalue weighted by Gasteiger charge is 2.38. The van der Waals surface area contributed by atoms with Gasteiger partial charge in [0.25, 0.3) is 0 Å². The molecule has 0 aromatic heterocycles. The molecule has 4 heteroatoms. The number of cyclic esters (lactones) is 1. The molecule has 1 atom stereocenters. The van der Waals surface area contributed by atoms with E-state index < -0.39 is 0 Å². The van der Waals surface area contributed by atoms with Gasteiger partial charge in [-0.15, -0.1) is 0 Å². The molecule has 16 heavy (non-hydrogen) atoms. The van der Waals surface area contributed by atoms with E-state index in [9.17, 15) is 9.90 Å². The zero-order valence-electron chi connectivity index (χ0n) is 9.43. The molecule has 0 saturated carbocycles. The van der Waals surface area contributed by atoms with E-state index in [1.165, 1.54) is 0 Å². The number of hydrogen-bond acceptors (Lipinski definition) is 3. The molecule has 0 bridgehead atoms. The van der Waals surface area contributed by atoms with E-state index in [-0.39, 0.29) is 17.4 Å². The van der Waals surface area contributed by atoms with Gasteiger partial charge < -0.3 is 14.7 Å². The van der Waals surface area contributed by atoms with Crippen molar-refractivity contribution in [1.29, 1.82) is 0 Å². The molecule has 1 heterocycles. The maximum Gasteiger partial charge on any atom is 0.410 e. The molecule has 1 aromatic rings. The molecule has 4 nitrogen and oxygen atoms in total. The number of amides is 1. The Bertz CT molecular complexity index is 401. The predicted octanol–water partition coefficient (Wildman–Crippen LogP) is 2.08. The molecule has 1 unspecified atom stereocenters. The summed E-state index contributed by atoms with van der Waals surface area (Å²) in [5.74, 6) is 0.230. The van der Waals surface area contributed by atoms with Crippen LogP contribution in [0.1, 0.15) is 18.9 Å². The van der Waals surface area contributed by atoms with Crippen molar-refractivity contribution in [3.05, 3.63) is 29.8 Å². The van der Waals surface area contributed by atoms with Gasteiger partial charge in [-0.1, -0.05) is 12.1 Å². The number of aromatic hydroxyl groups is 1. The lowest BCUT2D eigenvalue weighted by atomic mass is 9.87. The third-order valence-corrected chi connectivity index (χ3v) is 3.32. The van der Waals surface area contributed by atoms with Gasteiger partial charge >= 0.3 is 6.09 Å². The molecular formula is C12H15NO3. The van der Waals surface area contributed by atoms with Crippen LogP contribution in [0.3, 0.4) is 0 Å². The van der Waals surface area contributed by atoms with Gasteiger partial charge in [0.05, 0.1) is 12.1 Å². The van der Waals surface area contributed by atoms with Crippen molar-refractivity contribution in [3.8, 4) is 5.75 Å². The van der Waals surface area contributed by atoms with Crippen molar-refractivity contribution in [2.45, 2.75) is 18.9 Å². The number of benzene rings is 1. The first kappa shape index (κ1) is 10.8. The van der Waals surface area contributed by atoms with Crippen molar-refractivity contribution >= 4 is 6.09 Å². The van der Waals surface area contributed by atoms with Crippen molar-refractivity contribution in [3.63, 3.8) is 0 Å². The van der Waals surface area contributed by atoms with Crippen LogP contribution in [0.4, 0.5) is 4.79 Å². The van der Waals surface area contributed by atoms with E-state index in [1.54, 1.807) is 24.1 Å². The summed E-state index contributed by atoms with van der Waals surface area (Å²) in [5.41, 5.74) is 0.646. The minimum absolute atomic E-state index is 0.230. The average molecular weight is 221 g/mol. The molecule has 0 spiro atoms. The first-order valence-corrected chi connectivity index (χ1v) is 5.24. The normalized spacial score (nSPS) is 25.4. The number of phenols is 1. The molecule has 1 amide bonds. The first-order chi connectivity index (χ1) is 7.54. The van der Waals surface area contributed by atoms with Gasteiger partial charge in [0.1, 0.15) is 5.75 Å². The average Bonchev–Trinajstić information content (AvgIpc) is 2.27. The molecule has 1 fully saturated rings. The topological polar surface area (TPSA) is 49.8 Å². The summed E-state index contributed by atoms with van der Waals surface area (Å²) in [7, 11) is 1.73. The Labute approximate surface area is 94.4 Å². The van der Waals surface area contributed by atoms with E-state index >= 15 is 0 Å². The van der Waals surface area contributed by atoms with Crippen LogP contribution in [0.2, 0.25) is 0 Å². The van der Waals surface area contributed by atoms with Crippen LogP contribution in [0.15, 0.2) is 24.3 Å². The summed E-state index contributed by atoms with van der Waals surface area (Å²) in [5, 5.41) is 9.25. The second-order valence-electron chi connectivity index (χ2n) is 4.24. The van der Waals surface area contributed by atoms with E-state index in [0.29, 0.717) is 6.61 Å². The summed E-state index contributed by atoms with van der Waals surface area (Å²) in [6.07, 6.45) is 0.446. The minimum atomic E-state index is -0.358. The third-order valence-electron chi connectivity index (χ3n) is 3.32. The molecule has 1 aliphatic heterocycles. The van der Waals surface area contributed by atoms with Gasteiger partial charge in [0, 0.05) is 13.5 Å². The van der Waals surface area contributed by atoms with E-state index in [4.69, 9.17) is 4.74 Å². The van der Waals surface area contributed by atoms with Gasteiger partial charge in [0.15, 0.2) is 0 Å². The Hall–Kier alpha value is -1.71. The highest BCUT2D eigenvalue weighted by molar-refractivity contribution is 5.69. The second-order valence-corrected chi connectivity index (χ2v) is 4.24. The Morgan fingerprint density at radius 2 is 2.00 bits per heavy atom. The molecule has 1 aliphatic rings. The van der Waals surface area contributed by atoms with Crippen LogP contribution in [-0.2, 0) is 10.3 Å². The Morgan fingerprint density at radius 1 is 1.38 bits per heavy atom. The molecule has 0 radical (unpaired) electrons. The van der Waals surface area contributed by atoms with Gasteiger partial charge in [-0.2, -0.15) is 0 Å². The van der Waals surface area contributed by atoms with E-state index in [0.717, 1.165) is 12.0 Å². The van der Waals surface area contributed by atoms with E-state index in [1.807, 2.05) is 19.1 Å². The molecule has 0 aliphatic carbocycles. The standard InChI is InChI=1S/C12H15NO3/c1-12(7-8-16-11(15)13(12)2)9-3-5-10(14)6-4-9/h3-6,14H,7-8H2,1-2H3. The smallest absolute Gasteiger partial charge is 0.410 e. The third kappa shape index (κ3) is 1.60. The van der Waals surface area contributed by atoms with Crippen LogP contribution in [-0.4, -0.2) is 29.8 Å². The molecular weight excluding hydrogens is 206 g/mol. The zero-order chi connectivity index (χ0) is 11.8. The number of hydrogen-bond donors (Lipinski definition) is 1. The summed E-state index contributed by atoms with van der Waals surface area (Å²) in [4.78, 5) is 13.1. The SMILES string of the molecule is CN1C(=O)OCCC1(C)c1ccc(O)cc1. The quantitative estimate of drug-likeness (QED) is 0.789. The van der Waals surface area contributed by atoms with Gasteiger partial charge in [-0.05, 0) is 24.6 Å². The summed E-state index contributed by atoms with van der Waals surface area (Å²) in [6, 6.07) is 6.94. The van der Waals surface area contributed by atoms with Crippen LogP contribution in [0.25, 0.3) is 0 Å². The fourth-order valence-electron chi connectivity index (χ4n) is 1.96. The van der Waals surface area contributed by atoms with Gasteiger partial charge in [0.2, 0.25) is 0 Å². The summed E-state index contributed by atoms with van der Waals surface area (Å²) < 4.78 is 4.97. The summed E-state index contributed by atoms with van der Waals surface area (Å²) >= 11 is 0. The largest absolute Gasteiger partial charge is 0.508 e. The number of carbonyl (C=O) groups excluding carboxylic acids is 1. The van der Waals surface area contributed by atoms with Crippen LogP contribution < -0.4 is 0 Å². The Morgan fingerprint density at radius 3 is 2.62 bits per heavy atom. The monoisotopic (exact) mass is 221 g/mol. The maximum absolute atomic E-state index is 11.5. The number of rotatable bonds is 1. The van der Waals surface area contributed by atoms with Crippen LogP contribution in [0.5, 0.6) is 5.75 Å². The van der Waals surface area contributed by atoms with Crippen molar-refractivity contribution in [2.75, 3.05) is 13.7 Å². The Balaban J connectivity index is 2.36. The highest BCUT2D eigenvalue weighted by atomic mass is 16.6. The molecule has 1 N–H and O–H groups in total. The number of ether oxygens (including phenoxy) is 1. The maximum atomic E-state index is 11.5. The van der Waals surface area contributed by atoms with Crippen molar-refractivity contribution < 1.29 is 14.6 Å². The first-order valence-electron chi connectivity index (χ1n) is 5.24. The lowest BCUT2D eigenvalue weighted by Gasteiger charge is -2.42. The van der Waals surface area contributed by atoms with Crippen molar-refractivity contribution in [1.82, 2.24) is 4.90 Å². The van der Waals surface area contributed by atoms with Gasteiger partial charge in [-0.25, -0.2) is 4.79 Å². The number of phenolic OH excluding ortho intramolecular Hbond substituents is 1. The minimum Gasteiger partial charge on any atom is -0.508 e. The molecule has 1 aromatic carbocycles. The number of nitrogens with zero attached hydrogens (tertiary/aromatic N) is 1. The second kappa shape index (κ2) is 3.70. The Kier molecular flexibility index (Phi) is 2.50.